The summed E-state index contributed by atoms with van der Waals surface area (Å²) in [6, 6.07) is 7.53. The lowest BCUT2D eigenvalue weighted by Gasteiger charge is -2.16. The van der Waals surface area contributed by atoms with Gasteiger partial charge >= 0.3 is 0 Å². The topological polar surface area (TPSA) is 134 Å². The zero-order valence-electron chi connectivity index (χ0n) is 18.2. The van der Waals surface area contributed by atoms with E-state index >= 15 is 0 Å². The van der Waals surface area contributed by atoms with E-state index in [4.69, 9.17) is 5.73 Å². The number of hydrogen-bond acceptors (Lipinski definition) is 6. The number of H-pyrrole nitrogens is 1. The molecule has 10 nitrogen and oxygen atoms in total. The number of fused-ring (bicyclic) bond motifs is 1. The number of pyridine rings is 1. The second-order valence-corrected chi connectivity index (χ2v) is 8.02. The molecule has 10 heteroatoms. The number of carbonyl (C=O) groups excluding carboxylic acids is 2. The number of amides is 2. The van der Waals surface area contributed by atoms with E-state index in [2.05, 4.69) is 25.3 Å². The molecule has 0 unspecified atom stereocenters. The summed E-state index contributed by atoms with van der Waals surface area (Å²) in [7, 11) is 0. The van der Waals surface area contributed by atoms with Gasteiger partial charge in [-0.1, -0.05) is 0 Å². The Labute approximate surface area is 189 Å². The molecule has 1 aliphatic heterocycles. The number of carbonyl (C=O) groups is 2. The lowest BCUT2D eigenvalue weighted by Crippen LogP contribution is -2.36. The monoisotopic (exact) mass is 444 g/mol. The third-order valence-electron chi connectivity index (χ3n) is 5.79. The minimum Gasteiger partial charge on any atom is -0.382 e. The average Bonchev–Trinajstić information content (AvgIpc) is 3.56. The lowest BCUT2D eigenvalue weighted by atomic mass is 10.1. The number of nitrogens with one attached hydrogen (secondary N) is 2. The van der Waals surface area contributed by atoms with Crippen molar-refractivity contribution >= 4 is 23.3 Å². The van der Waals surface area contributed by atoms with Gasteiger partial charge in [0, 0.05) is 55.9 Å². The van der Waals surface area contributed by atoms with E-state index in [1.807, 2.05) is 41.8 Å². The number of aromatic amines is 1. The van der Waals surface area contributed by atoms with E-state index in [0.29, 0.717) is 30.9 Å². The fourth-order valence-electron chi connectivity index (χ4n) is 4.05. The number of imidazole rings is 1. The highest BCUT2D eigenvalue weighted by Crippen LogP contribution is 2.30. The summed E-state index contributed by atoms with van der Waals surface area (Å²) < 4.78 is 1.96. The number of nitrogen functional groups attached to an aromatic ring is 1. The molecule has 168 valence electrons. The molecule has 1 saturated heterocycles. The molecule has 0 aromatic carbocycles. The molecule has 1 fully saturated rings. The Bertz CT molecular complexity index is 1340. The minimum absolute atomic E-state index is 0.0398. The Balaban J connectivity index is 1.49. The van der Waals surface area contributed by atoms with Crippen LogP contribution in [0.15, 0.2) is 42.9 Å². The molecule has 4 N–H and O–H groups in total. The number of nitrogens with two attached hydrogens (primary N) is 1. The van der Waals surface area contributed by atoms with Crippen molar-refractivity contribution < 1.29 is 9.59 Å². The van der Waals surface area contributed by atoms with Crippen molar-refractivity contribution in [2.45, 2.75) is 19.8 Å². The maximum Gasteiger partial charge on any atom is 0.273 e. The van der Waals surface area contributed by atoms with Gasteiger partial charge in [0.05, 0.1) is 5.69 Å². The van der Waals surface area contributed by atoms with Crippen LogP contribution in [0.2, 0.25) is 0 Å². The number of rotatable bonds is 6. The van der Waals surface area contributed by atoms with E-state index in [1.165, 1.54) is 0 Å². The molecule has 5 rings (SSSR count). The average molecular weight is 444 g/mol. The van der Waals surface area contributed by atoms with Gasteiger partial charge in [0.25, 0.3) is 5.91 Å². The summed E-state index contributed by atoms with van der Waals surface area (Å²) in [4.78, 5) is 43.1. The molecule has 4 aromatic rings. The first-order chi connectivity index (χ1) is 16.0. The van der Waals surface area contributed by atoms with Gasteiger partial charge in [-0.3, -0.25) is 9.59 Å². The first-order valence-electron chi connectivity index (χ1n) is 10.8. The normalized spacial score (nSPS) is 13.7. The predicted molar refractivity (Wildman–Crippen MR) is 123 cm³/mol. The number of likely N-dealkylation sites (tertiary alicyclic amines) is 1. The largest absolute Gasteiger partial charge is 0.382 e. The van der Waals surface area contributed by atoms with Crippen molar-refractivity contribution in [1.29, 1.82) is 0 Å². The fourth-order valence-corrected chi connectivity index (χ4v) is 4.05. The molecule has 0 saturated carbocycles. The van der Waals surface area contributed by atoms with Crippen molar-refractivity contribution in [2.75, 3.05) is 25.4 Å². The first kappa shape index (κ1) is 20.7. The van der Waals surface area contributed by atoms with Crippen molar-refractivity contribution in [2.24, 2.45) is 0 Å². The van der Waals surface area contributed by atoms with Gasteiger partial charge in [-0.2, -0.15) is 0 Å². The van der Waals surface area contributed by atoms with Crippen LogP contribution in [0.3, 0.4) is 0 Å². The number of aryl methyl sites for hydroxylation is 1. The molecular weight excluding hydrogens is 420 g/mol. The maximum absolute atomic E-state index is 12.9. The van der Waals surface area contributed by atoms with Crippen LogP contribution in [0.5, 0.6) is 0 Å². The highest BCUT2D eigenvalue weighted by Gasteiger charge is 2.22. The maximum atomic E-state index is 12.9. The number of aromatic nitrogens is 5. The first-order valence-corrected chi connectivity index (χ1v) is 10.8. The summed E-state index contributed by atoms with van der Waals surface area (Å²) in [5, 5.41) is 2.82. The molecule has 33 heavy (non-hydrogen) atoms. The van der Waals surface area contributed by atoms with Crippen LogP contribution >= 0.6 is 0 Å². The Morgan fingerprint density at radius 3 is 2.88 bits per heavy atom. The van der Waals surface area contributed by atoms with E-state index in [0.717, 1.165) is 35.6 Å². The summed E-state index contributed by atoms with van der Waals surface area (Å²) in [5.41, 5.74) is 10.6. The highest BCUT2D eigenvalue weighted by atomic mass is 16.2. The van der Waals surface area contributed by atoms with E-state index in [9.17, 15) is 9.59 Å². The zero-order valence-corrected chi connectivity index (χ0v) is 18.2. The van der Waals surface area contributed by atoms with Crippen molar-refractivity contribution in [3.05, 3.63) is 54.2 Å². The van der Waals surface area contributed by atoms with Gasteiger partial charge in [0.15, 0.2) is 11.5 Å². The van der Waals surface area contributed by atoms with E-state index in [-0.39, 0.29) is 17.4 Å². The van der Waals surface area contributed by atoms with Crippen LogP contribution in [0.1, 0.15) is 29.0 Å². The Morgan fingerprint density at radius 1 is 1.24 bits per heavy atom. The molecule has 4 aromatic heterocycles. The molecule has 1 aliphatic rings. The zero-order chi connectivity index (χ0) is 22.9. The lowest BCUT2D eigenvalue weighted by molar-refractivity contribution is -0.127. The molecule has 2 amide bonds. The van der Waals surface area contributed by atoms with Crippen LogP contribution in [0, 0.1) is 6.92 Å². The van der Waals surface area contributed by atoms with Crippen LogP contribution in [-0.2, 0) is 4.79 Å². The van der Waals surface area contributed by atoms with E-state index < -0.39 is 5.91 Å². The van der Waals surface area contributed by atoms with Gasteiger partial charge < -0.3 is 25.3 Å². The quantitative estimate of drug-likeness (QED) is 0.417. The van der Waals surface area contributed by atoms with Gasteiger partial charge in [-0.25, -0.2) is 15.0 Å². The number of nitrogens with zero attached hydrogens (tertiary/aromatic N) is 5. The van der Waals surface area contributed by atoms with Crippen LogP contribution in [0.25, 0.3) is 28.3 Å². The van der Waals surface area contributed by atoms with Gasteiger partial charge in [-0.15, -0.1) is 0 Å². The Kier molecular flexibility index (Phi) is 5.25. The van der Waals surface area contributed by atoms with Crippen LogP contribution in [-0.4, -0.2) is 60.7 Å². The fraction of sp³-hybridized carbons (Fsp3) is 0.261. The Morgan fingerprint density at radius 2 is 2.12 bits per heavy atom. The summed E-state index contributed by atoms with van der Waals surface area (Å²) in [6.07, 6.45) is 6.93. The molecule has 0 aliphatic carbocycles. The van der Waals surface area contributed by atoms with Crippen molar-refractivity contribution in [3.63, 3.8) is 0 Å². The molecular formula is C23H24N8O2. The van der Waals surface area contributed by atoms with E-state index in [1.54, 1.807) is 17.3 Å². The highest BCUT2D eigenvalue weighted by molar-refractivity contribution is 5.98. The molecule has 0 atom stereocenters. The van der Waals surface area contributed by atoms with Crippen molar-refractivity contribution in [1.82, 2.24) is 34.6 Å². The van der Waals surface area contributed by atoms with Gasteiger partial charge in [-0.05, 0) is 37.6 Å². The smallest absolute Gasteiger partial charge is 0.273 e. The third-order valence-corrected chi connectivity index (χ3v) is 5.79. The molecule has 0 bridgehead atoms. The summed E-state index contributed by atoms with van der Waals surface area (Å²) in [6.45, 7) is 3.47. The van der Waals surface area contributed by atoms with Crippen LogP contribution in [0.4, 0.5) is 5.82 Å². The molecule has 0 spiro atoms. The Hall–Kier alpha value is -4.21. The second-order valence-electron chi connectivity index (χ2n) is 8.02. The molecule has 0 radical (unpaired) electrons. The van der Waals surface area contributed by atoms with Gasteiger partial charge in [0.2, 0.25) is 5.91 Å². The van der Waals surface area contributed by atoms with Crippen LogP contribution < -0.4 is 11.1 Å². The second kappa shape index (κ2) is 8.38. The van der Waals surface area contributed by atoms with Crippen molar-refractivity contribution in [3.8, 4) is 22.6 Å². The third kappa shape index (κ3) is 3.91. The summed E-state index contributed by atoms with van der Waals surface area (Å²) >= 11 is 0. The number of anilines is 1. The predicted octanol–water partition coefficient (Wildman–Crippen LogP) is 2.03. The molecule has 5 heterocycles. The number of hydrogen-bond donors (Lipinski definition) is 3. The summed E-state index contributed by atoms with van der Waals surface area (Å²) in [5.74, 6) is -0.268. The SMILES string of the molecule is Cc1cnc2ccc(-c3nc(C(=O)NCCN4CCCC4=O)c(N)nc3-c3ccc[nH]3)cn12. The standard InChI is InChI=1S/C23H24N8O2/c1-14-12-27-17-7-6-15(13-31(14)17)19-20(16-4-2-8-25-16)29-22(24)21(28-19)23(33)26-9-11-30-10-3-5-18(30)32/h2,4,6-8,12-13,25H,3,5,9-11H2,1H3,(H2,24,29)(H,26,33). The minimum atomic E-state index is -0.425. The van der Waals surface area contributed by atoms with Gasteiger partial charge in [0.1, 0.15) is 17.0 Å².